The zero-order valence-corrected chi connectivity index (χ0v) is 13.7. The summed E-state index contributed by atoms with van der Waals surface area (Å²) in [4.78, 5) is -0.418. The molecular formula is C9H10NNaO5S2. The van der Waals surface area contributed by atoms with Crippen molar-refractivity contribution in [1.29, 1.82) is 0 Å². The predicted octanol–water partition coefficient (Wildman–Crippen LogP) is -2.72. The first-order chi connectivity index (χ1) is 7.59. The molecule has 0 aliphatic rings. The fourth-order valence-corrected chi connectivity index (χ4v) is 1.88. The summed E-state index contributed by atoms with van der Waals surface area (Å²) in [6, 6.07) is 3.66. The normalized spacial score (nSPS) is 12.4. The maximum absolute atomic E-state index is 10.8. The van der Waals surface area contributed by atoms with Gasteiger partial charge in [0.25, 0.3) is 0 Å². The number of aryl methyl sites for hydroxylation is 1. The van der Waals surface area contributed by atoms with Gasteiger partial charge in [0.05, 0.1) is 11.2 Å². The van der Waals surface area contributed by atoms with Crippen LogP contribution in [0.1, 0.15) is 11.1 Å². The summed E-state index contributed by atoms with van der Waals surface area (Å²) in [5.74, 6) is 0. The first kappa shape index (κ1) is 17.8. The number of benzene rings is 1. The Kier molecular flexibility index (Phi) is 6.18. The van der Waals surface area contributed by atoms with Crippen LogP contribution >= 0.6 is 0 Å². The van der Waals surface area contributed by atoms with Gasteiger partial charge in [0.15, 0.2) is 0 Å². The zero-order valence-electron chi connectivity index (χ0n) is 10.1. The van der Waals surface area contributed by atoms with Crippen molar-refractivity contribution in [3.8, 4) is 0 Å². The van der Waals surface area contributed by atoms with Crippen molar-refractivity contribution >= 4 is 26.4 Å². The molecule has 1 rings (SSSR count). The Labute approximate surface area is 128 Å². The molecule has 0 unspecified atom stereocenters. The van der Waals surface area contributed by atoms with Crippen molar-refractivity contribution in [3.63, 3.8) is 0 Å². The van der Waals surface area contributed by atoms with E-state index in [4.69, 9.17) is 0 Å². The molecule has 0 spiro atoms. The van der Waals surface area contributed by atoms with Gasteiger partial charge in [-0.1, -0.05) is 6.07 Å². The van der Waals surface area contributed by atoms with Gasteiger partial charge in [-0.2, -0.15) is 4.40 Å². The second-order valence-corrected chi connectivity index (χ2v) is 6.50. The molecule has 0 atom stereocenters. The van der Waals surface area contributed by atoms with E-state index < -0.39 is 25.0 Å². The molecule has 0 radical (unpaired) electrons. The molecular weight excluding hydrogens is 289 g/mol. The Bertz CT molecular complexity index is 664. The first-order valence-corrected chi connectivity index (χ1v) is 7.67. The van der Waals surface area contributed by atoms with Gasteiger partial charge in [0.1, 0.15) is 10.1 Å². The number of sulfonamides is 1. The summed E-state index contributed by atoms with van der Waals surface area (Å²) in [5.41, 5.74) is 0.886. The van der Waals surface area contributed by atoms with Crippen LogP contribution in [0.4, 0.5) is 0 Å². The van der Waals surface area contributed by atoms with Gasteiger partial charge in [0, 0.05) is 6.21 Å². The molecule has 1 aromatic carbocycles. The average Bonchev–Trinajstić information content (AvgIpc) is 2.13. The number of rotatable bonds is 3. The molecule has 18 heavy (non-hydrogen) atoms. The Morgan fingerprint density at radius 3 is 2.22 bits per heavy atom. The molecule has 0 saturated heterocycles. The quantitative estimate of drug-likeness (QED) is 0.343. The minimum Gasteiger partial charge on any atom is -0.744 e. The third kappa shape index (κ3) is 5.59. The number of hydrogen-bond acceptors (Lipinski definition) is 5. The van der Waals surface area contributed by atoms with Gasteiger partial charge in [0.2, 0.25) is 10.0 Å². The molecule has 0 aliphatic carbocycles. The summed E-state index contributed by atoms with van der Waals surface area (Å²) < 4.78 is 57.2. The van der Waals surface area contributed by atoms with Crippen LogP contribution in [0, 0.1) is 6.92 Å². The second-order valence-electron chi connectivity index (χ2n) is 3.44. The van der Waals surface area contributed by atoms with Crippen LogP contribution in [-0.2, 0) is 20.1 Å². The van der Waals surface area contributed by atoms with Crippen molar-refractivity contribution in [2.75, 3.05) is 6.26 Å². The van der Waals surface area contributed by atoms with Crippen molar-refractivity contribution in [2.24, 2.45) is 4.40 Å². The topological polar surface area (TPSA) is 104 Å². The Morgan fingerprint density at radius 1 is 1.22 bits per heavy atom. The van der Waals surface area contributed by atoms with E-state index in [-0.39, 0.29) is 35.1 Å². The van der Waals surface area contributed by atoms with E-state index >= 15 is 0 Å². The minimum atomic E-state index is -4.56. The van der Waals surface area contributed by atoms with Gasteiger partial charge in [-0.25, -0.2) is 16.8 Å². The fraction of sp³-hybridized carbons (Fsp3) is 0.222. The van der Waals surface area contributed by atoms with Crippen molar-refractivity contribution in [3.05, 3.63) is 29.3 Å². The van der Waals surface area contributed by atoms with Crippen LogP contribution in [0.15, 0.2) is 27.5 Å². The molecule has 0 bridgehead atoms. The van der Waals surface area contributed by atoms with Crippen LogP contribution in [-0.4, -0.2) is 33.9 Å². The van der Waals surface area contributed by atoms with E-state index in [2.05, 4.69) is 4.40 Å². The van der Waals surface area contributed by atoms with Gasteiger partial charge in [-0.3, -0.25) is 0 Å². The van der Waals surface area contributed by atoms with Crippen LogP contribution in [0.5, 0.6) is 0 Å². The molecule has 0 aromatic heterocycles. The van der Waals surface area contributed by atoms with E-state index in [0.717, 1.165) is 24.6 Å². The molecule has 0 saturated carbocycles. The zero-order chi connectivity index (χ0) is 13.3. The van der Waals surface area contributed by atoms with Gasteiger partial charge < -0.3 is 4.55 Å². The molecule has 0 N–H and O–H groups in total. The maximum atomic E-state index is 10.8. The molecule has 0 amide bonds. The van der Waals surface area contributed by atoms with Crippen molar-refractivity contribution in [1.82, 2.24) is 0 Å². The standard InChI is InChI=1S/C9H11NO5S2.Na/c1-7-3-4-9(17(13,14)15)5-8(7)6-10-16(2,11)12;/h3-6H,1-2H3,(H,13,14,15);/q;+1/p-1/b10-6-;. The molecule has 9 heteroatoms. The predicted molar refractivity (Wildman–Crippen MR) is 61.6 cm³/mol. The fourth-order valence-electron chi connectivity index (χ4n) is 1.07. The van der Waals surface area contributed by atoms with E-state index in [9.17, 15) is 21.4 Å². The van der Waals surface area contributed by atoms with Crippen molar-refractivity contribution in [2.45, 2.75) is 11.8 Å². The Hall–Kier alpha value is -0.250. The third-order valence-electron chi connectivity index (χ3n) is 1.92. The van der Waals surface area contributed by atoms with Crippen LogP contribution in [0.25, 0.3) is 0 Å². The monoisotopic (exact) mass is 299 g/mol. The van der Waals surface area contributed by atoms with E-state index in [0.29, 0.717) is 5.56 Å². The van der Waals surface area contributed by atoms with E-state index in [1.165, 1.54) is 6.07 Å². The minimum absolute atomic E-state index is 0. The van der Waals surface area contributed by atoms with Gasteiger partial charge in [-0.15, -0.1) is 0 Å². The van der Waals surface area contributed by atoms with Crippen LogP contribution in [0.2, 0.25) is 0 Å². The molecule has 1 aromatic rings. The summed E-state index contributed by atoms with van der Waals surface area (Å²) in [6.45, 7) is 1.64. The average molecular weight is 299 g/mol. The van der Waals surface area contributed by atoms with E-state index in [1.807, 2.05) is 0 Å². The second kappa shape index (κ2) is 6.27. The van der Waals surface area contributed by atoms with Crippen molar-refractivity contribution < 1.29 is 50.9 Å². The van der Waals surface area contributed by atoms with Crippen LogP contribution in [0.3, 0.4) is 0 Å². The third-order valence-corrected chi connectivity index (χ3v) is 3.24. The summed E-state index contributed by atoms with van der Waals surface area (Å²) in [5, 5.41) is 0. The molecule has 0 fully saturated rings. The smallest absolute Gasteiger partial charge is 0.744 e. The Balaban J connectivity index is 0.00000289. The summed E-state index contributed by atoms with van der Waals surface area (Å²) in [7, 11) is -8.10. The van der Waals surface area contributed by atoms with E-state index in [1.54, 1.807) is 6.92 Å². The summed E-state index contributed by atoms with van der Waals surface area (Å²) in [6.07, 6.45) is 1.92. The van der Waals surface area contributed by atoms with Gasteiger partial charge in [-0.05, 0) is 30.2 Å². The number of nitrogens with zero attached hydrogens (tertiary/aromatic N) is 1. The molecule has 94 valence electrons. The summed E-state index contributed by atoms with van der Waals surface area (Å²) >= 11 is 0. The molecule has 0 heterocycles. The largest absolute Gasteiger partial charge is 1.00 e. The Morgan fingerprint density at radius 2 is 1.78 bits per heavy atom. The van der Waals surface area contributed by atoms with Crippen LogP contribution < -0.4 is 29.6 Å². The first-order valence-electron chi connectivity index (χ1n) is 4.41. The maximum Gasteiger partial charge on any atom is 1.00 e. The molecule has 6 nitrogen and oxygen atoms in total. The number of hydrogen-bond donors (Lipinski definition) is 0. The SMILES string of the molecule is Cc1ccc(S(=O)(=O)[O-])cc1/C=N\S(C)(=O)=O.[Na+]. The van der Waals surface area contributed by atoms with Gasteiger partial charge >= 0.3 is 29.6 Å². The molecule has 0 aliphatic heterocycles.